The van der Waals surface area contributed by atoms with Crippen molar-refractivity contribution in [2.45, 2.75) is 354 Å². The number of unbranched alkanes of at least 4 members (excludes halogenated alkanes) is 29. The highest BCUT2D eigenvalue weighted by atomic mass is 31.2. The highest BCUT2D eigenvalue weighted by Gasteiger charge is 2.30. The van der Waals surface area contributed by atoms with Gasteiger partial charge in [-0.2, -0.15) is 0 Å². The zero-order valence-corrected chi connectivity index (χ0v) is 68.4. The van der Waals surface area contributed by atoms with Gasteiger partial charge in [0.1, 0.15) is 19.3 Å². The maximum absolute atomic E-state index is 13.1. The molecule has 608 valence electrons. The zero-order chi connectivity index (χ0) is 77.4. The molecule has 0 radical (unpaired) electrons. The van der Waals surface area contributed by atoms with Crippen molar-refractivity contribution in [2.75, 3.05) is 39.6 Å². The number of hydrogen-bond acceptors (Lipinski definition) is 15. The highest BCUT2D eigenvalue weighted by Crippen LogP contribution is 2.45. The molecule has 0 aromatic heterocycles. The van der Waals surface area contributed by atoms with Crippen LogP contribution in [-0.4, -0.2) is 96.7 Å². The maximum Gasteiger partial charge on any atom is 0.472 e. The van der Waals surface area contributed by atoms with Gasteiger partial charge in [0.2, 0.25) is 0 Å². The number of phosphoric ester groups is 2. The van der Waals surface area contributed by atoms with Crippen molar-refractivity contribution in [1.82, 2.24) is 0 Å². The van der Waals surface area contributed by atoms with Gasteiger partial charge >= 0.3 is 39.5 Å². The van der Waals surface area contributed by atoms with E-state index in [2.05, 4.69) is 131 Å². The highest BCUT2D eigenvalue weighted by molar-refractivity contribution is 7.47. The first-order valence-electron chi connectivity index (χ1n) is 41.4. The number of carbonyl (C=O) groups is 4. The van der Waals surface area contributed by atoms with E-state index in [4.69, 9.17) is 37.0 Å². The molecule has 0 aliphatic heterocycles. The van der Waals surface area contributed by atoms with Gasteiger partial charge in [0.05, 0.1) is 26.4 Å². The quantitative estimate of drug-likeness (QED) is 0.0169. The molecule has 106 heavy (non-hydrogen) atoms. The van der Waals surface area contributed by atoms with E-state index in [1.165, 1.54) is 116 Å². The van der Waals surface area contributed by atoms with Crippen LogP contribution in [0.1, 0.15) is 336 Å². The summed E-state index contributed by atoms with van der Waals surface area (Å²) in [6, 6.07) is 0. The van der Waals surface area contributed by atoms with Crippen LogP contribution in [0.25, 0.3) is 0 Å². The van der Waals surface area contributed by atoms with Crippen molar-refractivity contribution in [2.24, 2.45) is 0 Å². The third-order valence-electron chi connectivity index (χ3n) is 17.1. The summed E-state index contributed by atoms with van der Waals surface area (Å²) in [4.78, 5) is 73.1. The van der Waals surface area contributed by atoms with E-state index in [0.717, 1.165) is 128 Å². The Labute approximate surface area is 644 Å². The molecule has 0 saturated carbocycles. The number of rotatable bonds is 77. The van der Waals surface area contributed by atoms with Crippen LogP contribution in [0.2, 0.25) is 0 Å². The van der Waals surface area contributed by atoms with Crippen molar-refractivity contribution >= 4 is 39.5 Å². The Morgan fingerprint density at radius 2 is 0.491 bits per heavy atom. The second kappa shape index (κ2) is 78.3. The lowest BCUT2D eigenvalue weighted by Gasteiger charge is -2.21. The van der Waals surface area contributed by atoms with Crippen molar-refractivity contribution in [3.63, 3.8) is 0 Å². The van der Waals surface area contributed by atoms with E-state index in [9.17, 15) is 43.2 Å². The number of esters is 4. The fourth-order valence-electron chi connectivity index (χ4n) is 10.7. The summed E-state index contributed by atoms with van der Waals surface area (Å²) >= 11 is 0. The van der Waals surface area contributed by atoms with Crippen molar-refractivity contribution in [1.29, 1.82) is 0 Å². The molecule has 5 atom stereocenters. The first-order chi connectivity index (χ1) is 51.7. The summed E-state index contributed by atoms with van der Waals surface area (Å²) in [5.41, 5.74) is 0. The van der Waals surface area contributed by atoms with E-state index in [1.807, 2.05) is 30.4 Å². The fourth-order valence-corrected chi connectivity index (χ4v) is 12.3. The van der Waals surface area contributed by atoms with Gasteiger partial charge in [-0.05, 0) is 154 Å². The molecule has 0 aliphatic rings. The molecule has 0 fully saturated rings. The maximum atomic E-state index is 13.1. The molecule has 0 saturated heterocycles. The van der Waals surface area contributed by atoms with Crippen LogP contribution in [0.5, 0.6) is 0 Å². The molecule has 0 aliphatic carbocycles. The Morgan fingerprint density at radius 3 is 0.830 bits per heavy atom. The molecule has 2 unspecified atom stereocenters. The normalized spacial score (nSPS) is 14.5. The summed E-state index contributed by atoms with van der Waals surface area (Å²) < 4.78 is 68.5. The van der Waals surface area contributed by atoms with Crippen LogP contribution < -0.4 is 0 Å². The number of phosphoric acid groups is 2. The number of allylic oxidation sites excluding steroid dienone is 22. The molecular formula is C87H148O17P2. The van der Waals surface area contributed by atoms with Gasteiger partial charge in [-0.15, -0.1) is 0 Å². The smallest absolute Gasteiger partial charge is 0.462 e. The Kier molecular flexibility index (Phi) is 74.8. The SMILES string of the molecule is CCCCC/C=C\C/C=C\C/C=C\C/C=C\C/C=C\CCC(=O)O[C@H](COC(=O)CCC/C=C\C/C=C\C/C=C\C/C=C\CCCCC)COP(=O)(O)OC[C@@H](O)COP(=O)(O)OC[C@@H](COC(=O)CCCCCCC/C=C\CCCCCCCC)OC(=O)CCCCCCC/C=C\CCCCCCCC. The zero-order valence-electron chi connectivity index (χ0n) is 66.6. The van der Waals surface area contributed by atoms with Crippen LogP contribution in [0, 0.1) is 0 Å². The Balaban J connectivity index is 5.50. The van der Waals surface area contributed by atoms with Gasteiger partial charge in [0.25, 0.3) is 0 Å². The first-order valence-corrected chi connectivity index (χ1v) is 44.4. The third kappa shape index (κ3) is 77.4. The predicted molar refractivity (Wildman–Crippen MR) is 436 cm³/mol. The summed E-state index contributed by atoms with van der Waals surface area (Å²) in [6.45, 7) is 4.67. The molecule has 0 bridgehead atoms. The number of aliphatic hydroxyl groups is 1. The molecule has 0 rings (SSSR count). The average Bonchev–Trinajstić information content (AvgIpc) is 0.902. The topological polar surface area (TPSA) is 237 Å². The monoisotopic (exact) mass is 1530 g/mol. The lowest BCUT2D eigenvalue weighted by Crippen LogP contribution is -2.30. The molecule has 19 heteroatoms. The van der Waals surface area contributed by atoms with Crippen LogP contribution in [0.4, 0.5) is 0 Å². The summed E-state index contributed by atoms with van der Waals surface area (Å²) in [5.74, 6) is -2.35. The summed E-state index contributed by atoms with van der Waals surface area (Å²) in [6.07, 6.45) is 88.7. The molecular weight excluding hydrogens is 1380 g/mol. The standard InChI is InChI=1S/C87H148O17P2/c1-5-9-13-17-21-25-29-33-37-39-40-42-46-50-54-58-62-66-70-74-87(92)104-83(78-98-85(90)72-68-64-60-56-52-48-45-41-38-34-30-26-22-18-14-10-6-2)80-102-106(95,96)100-76-81(88)75-99-105(93,94)101-79-82(103-86(91)73-69-65-61-57-53-49-44-36-32-28-24-20-16-12-8-4)77-97-84(89)71-67-63-59-55-51-47-43-35-31-27-23-19-15-11-7-3/h21-22,25-26,33-38,40,42-45,48,50,54,56,60,62,66,81-83,88H,5-20,23-24,27-32,39,41,46-47,49,51-53,55,57-59,61,63-65,67-80H2,1-4H3,(H,93,94)(H,95,96)/b25-21-,26-22-,37-33-,38-34-,42-40-,43-35-,44-36-,48-45-,54-50-,60-56-,66-62-/t81-,82+,83+/m0/s1. The molecule has 0 spiro atoms. The van der Waals surface area contributed by atoms with Crippen molar-refractivity contribution in [3.8, 4) is 0 Å². The van der Waals surface area contributed by atoms with E-state index >= 15 is 0 Å². The van der Waals surface area contributed by atoms with Gasteiger partial charge in [-0.1, -0.05) is 290 Å². The van der Waals surface area contributed by atoms with Crippen LogP contribution in [0.15, 0.2) is 134 Å². The molecule has 3 N–H and O–H groups in total. The minimum atomic E-state index is -5.01. The van der Waals surface area contributed by atoms with Gasteiger partial charge < -0.3 is 33.8 Å². The Hall–Kier alpha value is -4.80. The van der Waals surface area contributed by atoms with Crippen LogP contribution >= 0.6 is 15.6 Å². The number of aliphatic hydroxyl groups excluding tert-OH is 1. The van der Waals surface area contributed by atoms with Crippen molar-refractivity contribution < 1.29 is 80.2 Å². The molecule has 0 aromatic carbocycles. The number of ether oxygens (including phenoxy) is 4. The Morgan fingerprint density at radius 1 is 0.264 bits per heavy atom. The van der Waals surface area contributed by atoms with Crippen LogP contribution in [0.3, 0.4) is 0 Å². The van der Waals surface area contributed by atoms with E-state index in [1.54, 1.807) is 0 Å². The lowest BCUT2D eigenvalue weighted by atomic mass is 10.1. The summed E-state index contributed by atoms with van der Waals surface area (Å²) in [5, 5.41) is 10.7. The Bertz CT molecular complexity index is 2530. The molecule has 17 nitrogen and oxygen atoms in total. The lowest BCUT2D eigenvalue weighted by molar-refractivity contribution is -0.161. The van der Waals surface area contributed by atoms with Crippen molar-refractivity contribution in [3.05, 3.63) is 134 Å². The minimum absolute atomic E-state index is 0.0434. The molecule has 0 heterocycles. The second-order valence-electron chi connectivity index (χ2n) is 27.3. The molecule has 0 amide bonds. The van der Waals surface area contributed by atoms with Crippen LogP contribution in [-0.2, 0) is 65.4 Å². The number of hydrogen-bond donors (Lipinski definition) is 3. The predicted octanol–water partition coefficient (Wildman–Crippen LogP) is 24.4. The minimum Gasteiger partial charge on any atom is -0.462 e. The average molecular weight is 1530 g/mol. The fraction of sp³-hybridized carbons (Fsp3) is 0.701. The van der Waals surface area contributed by atoms with E-state index in [0.29, 0.717) is 38.5 Å². The van der Waals surface area contributed by atoms with Gasteiger partial charge in [0.15, 0.2) is 12.2 Å². The van der Waals surface area contributed by atoms with Gasteiger partial charge in [0, 0.05) is 25.7 Å². The molecule has 0 aromatic rings. The summed E-state index contributed by atoms with van der Waals surface area (Å²) in [7, 11) is -10.0. The second-order valence-corrected chi connectivity index (χ2v) is 30.3. The first kappa shape index (κ1) is 101. The third-order valence-corrected chi connectivity index (χ3v) is 19.0. The van der Waals surface area contributed by atoms with E-state index in [-0.39, 0.29) is 25.7 Å². The van der Waals surface area contributed by atoms with Gasteiger partial charge in [-0.3, -0.25) is 37.3 Å². The largest absolute Gasteiger partial charge is 0.472 e. The van der Waals surface area contributed by atoms with Gasteiger partial charge in [-0.25, -0.2) is 9.13 Å². The van der Waals surface area contributed by atoms with E-state index < -0.39 is 97.5 Å². The number of carbonyl (C=O) groups excluding carboxylic acids is 4.